The molecular weight excluding hydrogens is 140 g/mol. The third-order valence-electron chi connectivity index (χ3n) is 1.14. The van der Waals surface area contributed by atoms with Crippen LogP contribution in [0.5, 0.6) is 0 Å². The predicted octanol–water partition coefficient (Wildman–Crippen LogP) is 2.84. The fourth-order valence-corrected chi connectivity index (χ4v) is 0.539. The molecule has 0 aliphatic carbocycles. The molecule has 0 saturated carbocycles. The summed E-state index contributed by atoms with van der Waals surface area (Å²) in [5.74, 6) is -0.833. The minimum Gasteiger partial charge on any atom is -0.481 e. The maximum atomic E-state index is 9.00. The van der Waals surface area contributed by atoms with Crippen LogP contribution in [0.15, 0.2) is 11.6 Å². The smallest absolute Gasteiger partial charge is 0.300 e. The second-order valence-corrected chi connectivity index (χ2v) is 2.40. The Labute approximate surface area is 68.9 Å². The van der Waals surface area contributed by atoms with Crippen LogP contribution in [-0.4, -0.2) is 11.1 Å². The average Bonchev–Trinajstić information content (AvgIpc) is 1.87. The molecule has 11 heavy (non-hydrogen) atoms. The number of carbonyl (C=O) groups is 1. The van der Waals surface area contributed by atoms with Crippen molar-refractivity contribution in [3.05, 3.63) is 11.6 Å². The maximum Gasteiger partial charge on any atom is 0.300 e. The fraction of sp³-hybridized carbons (Fsp3) is 0.667. The van der Waals surface area contributed by atoms with E-state index in [9.17, 15) is 0 Å². The topological polar surface area (TPSA) is 37.3 Å². The quantitative estimate of drug-likeness (QED) is 0.627. The molecule has 0 aliphatic rings. The zero-order chi connectivity index (χ0) is 9.28. The van der Waals surface area contributed by atoms with Crippen molar-refractivity contribution in [2.45, 2.75) is 40.5 Å². The summed E-state index contributed by atoms with van der Waals surface area (Å²) in [6.07, 6.45) is 4.70. The molecule has 0 aliphatic heterocycles. The Balaban J connectivity index is 0. The van der Waals surface area contributed by atoms with E-state index in [-0.39, 0.29) is 0 Å². The Morgan fingerprint density at radius 3 is 1.91 bits per heavy atom. The van der Waals surface area contributed by atoms with Crippen LogP contribution in [0.25, 0.3) is 0 Å². The van der Waals surface area contributed by atoms with Crippen molar-refractivity contribution in [3.63, 3.8) is 0 Å². The van der Waals surface area contributed by atoms with Crippen molar-refractivity contribution in [1.82, 2.24) is 0 Å². The molecule has 2 heteroatoms. The Morgan fingerprint density at radius 1 is 1.45 bits per heavy atom. The van der Waals surface area contributed by atoms with E-state index < -0.39 is 5.97 Å². The van der Waals surface area contributed by atoms with Crippen LogP contribution in [0.4, 0.5) is 0 Å². The summed E-state index contributed by atoms with van der Waals surface area (Å²) >= 11 is 0. The number of aliphatic carboxylic acids is 1. The van der Waals surface area contributed by atoms with Crippen LogP contribution in [-0.2, 0) is 4.79 Å². The first-order valence-electron chi connectivity index (χ1n) is 3.85. The molecule has 0 unspecified atom stereocenters. The third-order valence-corrected chi connectivity index (χ3v) is 1.14. The monoisotopic (exact) mass is 158 g/mol. The highest BCUT2D eigenvalue weighted by atomic mass is 16.4. The zero-order valence-corrected chi connectivity index (χ0v) is 7.85. The van der Waals surface area contributed by atoms with E-state index in [2.05, 4.69) is 26.8 Å². The van der Waals surface area contributed by atoms with Gasteiger partial charge in [-0.3, -0.25) is 4.79 Å². The van der Waals surface area contributed by atoms with Crippen LogP contribution < -0.4 is 0 Å². The molecule has 0 amide bonds. The lowest BCUT2D eigenvalue weighted by Crippen LogP contribution is -1.78. The van der Waals surface area contributed by atoms with E-state index >= 15 is 0 Å². The molecule has 0 heterocycles. The van der Waals surface area contributed by atoms with Crippen LogP contribution in [0.1, 0.15) is 40.5 Å². The molecule has 0 saturated heterocycles. The molecule has 0 radical (unpaired) electrons. The van der Waals surface area contributed by atoms with E-state index in [1.54, 1.807) is 0 Å². The number of allylic oxidation sites excluding steroid dienone is 2. The third kappa shape index (κ3) is 27.0. The van der Waals surface area contributed by atoms with Gasteiger partial charge >= 0.3 is 0 Å². The van der Waals surface area contributed by atoms with Gasteiger partial charge in [0.2, 0.25) is 0 Å². The summed E-state index contributed by atoms with van der Waals surface area (Å²) in [6, 6.07) is 0. The summed E-state index contributed by atoms with van der Waals surface area (Å²) in [5, 5.41) is 7.42. The van der Waals surface area contributed by atoms with E-state index in [1.165, 1.54) is 18.4 Å². The van der Waals surface area contributed by atoms with Gasteiger partial charge in [-0.15, -0.1) is 0 Å². The zero-order valence-electron chi connectivity index (χ0n) is 7.85. The van der Waals surface area contributed by atoms with Crippen molar-refractivity contribution in [2.75, 3.05) is 0 Å². The van der Waals surface area contributed by atoms with Gasteiger partial charge in [-0.05, 0) is 20.3 Å². The van der Waals surface area contributed by atoms with Crippen molar-refractivity contribution >= 4 is 5.97 Å². The highest BCUT2D eigenvalue weighted by Gasteiger charge is 1.79. The Bertz CT molecular complexity index is 122. The van der Waals surface area contributed by atoms with Gasteiger partial charge < -0.3 is 5.11 Å². The second-order valence-electron chi connectivity index (χ2n) is 2.40. The van der Waals surface area contributed by atoms with Gasteiger partial charge in [0.15, 0.2) is 0 Å². The normalized spacial score (nSPS) is 10.0. The molecule has 0 aromatic heterocycles. The van der Waals surface area contributed by atoms with Crippen LogP contribution >= 0.6 is 0 Å². The van der Waals surface area contributed by atoms with Gasteiger partial charge in [-0.2, -0.15) is 0 Å². The van der Waals surface area contributed by atoms with Crippen molar-refractivity contribution < 1.29 is 9.90 Å². The number of hydrogen-bond acceptors (Lipinski definition) is 1. The van der Waals surface area contributed by atoms with E-state index in [0.29, 0.717) is 0 Å². The lowest BCUT2D eigenvalue weighted by Gasteiger charge is -1.91. The predicted molar refractivity (Wildman–Crippen MR) is 47.6 cm³/mol. The molecule has 0 bridgehead atoms. The number of carboxylic acids is 1. The first kappa shape index (κ1) is 12.8. The summed E-state index contributed by atoms with van der Waals surface area (Å²) in [5.41, 5.74) is 1.50. The molecule has 66 valence electrons. The van der Waals surface area contributed by atoms with Gasteiger partial charge in [0.25, 0.3) is 5.97 Å². The Hall–Kier alpha value is -0.790. The number of hydrogen-bond donors (Lipinski definition) is 1. The standard InChI is InChI=1S/C7H14.C2H4O2/c1-4-6-7(3)5-2;1-2(3)4/h5H,4,6H2,1-3H3;1H3,(H,3,4). The van der Waals surface area contributed by atoms with E-state index in [0.717, 1.165) is 6.92 Å². The molecular formula is C9H18O2. The summed E-state index contributed by atoms with van der Waals surface area (Å²) in [7, 11) is 0. The van der Waals surface area contributed by atoms with Crippen molar-refractivity contribution in [3.8, 4) is 0 Å². The molecule has 0 aromatic rings. The molecule has 0 spiro atoms. The van der Waals surface area contributed by atoms with Gasteiger partial charge in [0, 0.05) is 6.92 Å². The van der Waals surface area contributed by atoms with Crippen LogP contribution in [0.2, 0.25) is 0 Å². The molecule has 1 N–H and O–H groups in total. The Kier molecular flexibility index (Phi) is 10.8. The van der Waals surface area contributed by atoms with Gasteiger partial charge in [0.05, 0.1) is 0 Å². The van der Waals surface area contributed by atoms with Crippen molar-refractivity contribution in [1.29, 1.82) is 0 Å². The van der Waals surface area contributed by atoms with Gasteiger partial charge in [0.1, 0.15) is 0 Å². The first-order chi connectivity index (χ1) is 5.04. The highest BCUT2D eigenvalue weighted by molar-refractivity contribution is 5.62. The van der Waals surface area contributed by atoms with Crippen LogP contribution in [0.3, 0.4) is 0 Å². The average molecular weight is 158 g/mol. The largest absolute Gasteiger partial charge is 0.481 e. The minimum atomic E-state index is -0.833. The number of carboxylic acid groups (broad SMARTS) is 1. The van der Waals surface area contributed by atoms with E-state index in [1.807, 2.05) is 0 Å². The molecule has 0 aromatic carbocycles. The Morgan fingerprint density at radius 2 is 1.82 bits per heavy atom. The minimum absolute atomic E-state index is 0.833. The summed E-state index contributed by atoms with van der Waals surface area (Å²) < 4.78 is 0. The molecule has 0 fully saturated rings. The van der Waals surface area contributed by atoms with Gasteiger partial charge in [-0.1, -0.05) is 25.0 Å². The van der Waals surface area contributed by atoms with Gasteiger partial charge in [-0.25, -0.2) is 0 Å². The SMILES string of the molecule is CC(=O)O.CC=C(C)CCC. The van der Waals surface area contributed by atoms with E-state index in [4.69, 9.17) is 9.90 Å². The molecule has 0 atom stereocenters. The maximum absolute atomic E-state index is 9.00. The lowest BCUT2D eigenvalue weighted by molar-refractivity contribution is -0.134. The lowest BCUT2D eigenvalue weighted by atomic mass is 10.2. The van der Waals surface area contributed by atoms with Crippen molar-refractivity contribution in [2.24, 2.45) is 0 Å². The number of rotatable bonds is 2. The summed E-state index contributed by atoms with van der Waals surface area (Å²) in [4.78, 5) is 9.00. The van der Waals surface area contributed by atoms with Crippen LogP contribution in [0, 0.1) is 0 Å². The second kappa shape index (κ2) is 9.21. The highest BCUT2D eigenvalue weighted by Crippen LogP contribution is 2.00. The fourth-order valence-electron chi connectivity index (χ4n) is 0.539. The molecule has 2 nitrogen and oxygen atoms in total. The molecule has 0 rings (SSSR count). The summed E-state index contributed by atoms with van der Waals surface area (Å²) in [6.45, 7) is 7.54. The first-order valence-corrected chi connectivity index (χ1v) is 3.85.